The fourth-order valence-corrected chi connectivity index (χ4v) is 3.90. The number of nitrogens with zero attached hydrogens (tertiary/aromatic N) is 4. The zero-order valence-corrected chi connectivity index (χ0v) is 11.8. The van der Waals surface area contributed by atoms with Crippen LogP contribution in [0.2, 0.25) is 0 Å². The molecule has 1 aromatic carbocycles. The molecule has 1 aromatic heterocycles. The van der Waals surface area contributed by atoms with Gasteiger partial charge in [-0.15, -0.1) is 5.10 Å². The molecular weight excluding hydrogens is 294 g/mol. The lowest BCUT2D eigenvalue weighted by atomic mass is 10.1. The molecule has 1 atom stereocenters. The van der Waals surface area contributed by atoms with Gasteiger partial charge in [0, 0.05) is 11.6 Å². The topological polar surface area (TPSA) is 107 Å². The van der Waals surface area contributed by atoms with Crippen molar-refractivity contribution in [2.45, 2.75) is 12.5 Å². The number of hydrogen-bond donors (Lipinski definition) is 1. The first-order valence-corrected chi connectivity index (χ1v) is 8.20. The molecule has 0 saturated carbocycles. The van der Waals surface area contributed by atoms with Crippen molar-refractivity contribution in [1.29, 1.82) is 0 Å². The summed E-state index contributed by atoms with van der Waals surface area (Å²) < 4.78 is 24.2. The molecule has 1 aliphatic heterocycles. The molecular formula is C12H13N5O3S. The molecule has 0 spiro atoms. The summed E-state index contributed by atoms with van der Waals surface area (Å²) in [6, 6.07) is 6.43. The smallest absolute Gasteiger partial charge is 0.251 e. The minimum absolute atomic E-state index is 0.0153. The van der Waals surface area contributed by atoms with Crippen LogP contribution >= 0.6 is 0 Å². The SMILES string of the molecule is O=C(NC1CCS(=O)(=O)C1)c1ccc(-n2cnnn2)cc1. The van der Waals surface area contributed by atoms with Gasteiger partial charge < -0.3 is 5.32 Å². The maximum absolute atomic E-state index is 12.1. The number of carbonyl (C=O) groups excluding carboxylic acids is 1. The minimum atomic E-state index is -3.00. The van der Waals surface area contributed by atoms with Gasteiger partial charge in [-0.3, -0.25) is 4.79 Å². The lowest BCUT2D eigenvalue weighted by molar-refractivity contribution is 0.0941. The van der Waals surface area contributed by atoms with Crippen molar-refractivity contribution < 1.29 is 13.2 Å². The molecule has 2 heterocycles. The standard InChI is InChI=1S/C12H13N5O3S/c18-12(14-10-5-6-21(19,20)7-10)9-1-3-11(4-2-9)17-8-13-15-16-17/h1-4,8,10H,5-7H2,(H,14,18). The predicted molar refractivity (Wildman–Crippen MR) is 73.7 cm³/mol. The molecule has 1 fully saturated rings. The van der Waals surface area contributed by atoms with E-state index in [0.717, 1.165) is 5.69 Å². The predicted octanol–water partition coefficient (Wildman–Crippen LogP) is -0.421. The third kappa shape index (κ3) is 3.07. The first-order valence-electron chi connectivity index (χ1n) is 6.38. The van der Waals surface area contributed by atoms with E-state index in [9.17, 15) is 13.2 Å². The van der Waals surface area contributed by atoms with Gasteiger partial charge in [-0.1, -0.05) is 0 Å². The highest BCUT2D eigenvalue weighted by molar-refractivity contribution is 7.91. The number of sulfone groups is 1. The Hall–Kier alpha value is -2.29. The number of rotatable bonds is 3. The molecule has 1 saturated heterocycles. The first-order chi connectivity index (χ1) is 10.0. The van der Waals surface area contributed by atoms with Crippen LogP contribution in [-0.4, -0.2) is 52.1 Å². The maximum Gasteiger partial charge on any atom is 0.251 e. The Morgan fingerprint density at radius 3 is 2.62 bits per heavy atom. The molecule has 2 aromatic rings. The Kier molecular flexibility index (Phi) is 3.42. The summed E-state index contributed by atoms with van der Waals surface area (Å²) in [6.07, 6.45) is 1.93. The van der Waals surface area contributed by atoms with E-state index >= 15 is 0 Å². The molecule has 0 bridgehead atoms. The fraction of sp³-hybridized carbons (Fsp3) is 0.333. The molecule has 1 N–H and O–H groups in total. The zero-order chi connectivity index (χ0) is 14.9. The lowest BCUT2D eigenvalue weighted by Gasteiger charge is -2.11. The van der Waals surface area contributed by atoms with Crippen molar-refractivity contribution in [1.82, 2.24) is 25.5 Å². The molecule has 1 aliphatic rings. The Bertz CT molecular complexity index is 740. The molecule has 0 radical (unpaired) electrons. The van der Waals surface area contributed by atoms with E-state index in [-0.39, 0.29) is 23.5 Å². The number of hydrogen-bond acceptors (Lipinski definition) is 6. The highest BCUT2D eigenvalue weighted by atomic mass is 32.2. The van der Waals surface area contributed by atoms with Gasteiger partial charge in [-0.05, 0) is 41.1 Å². The second-order valence-electron chi connectivity index (χ2n) is 4.87. The highest BCUT2D eigenvalue weighted by Crippen LogP contribution is 2.13. The van der Waals surface area contributed by atoms with Crippen molar-refractivity contribution in [3.05, 3.63) is 36.2 Å². The van der Waals surface area contributed by atoms with E-state index in [1.54, 1.807) is 24.3 Å². The number of carbonyl (C=O) groups is 1. The monoisotopic (exact) mass is 307 g/mol. The van der Waals surface area contributed by atoms with Crippen molar-refractivity contribution in [3.8, 4) is 5.69 Å². The van der Waals surface area contributed by atoms with Crippen LogP contribution in [0.5, 0.6) is 0 Å². The Morgan fingerprint density at radius 2 is 2.05 bits per heavy atom. The molecule has 8 nitrogen and oxygen atoms in total. The summed E-state index contributed by atoms with van der Waals surface area (Å²) >= 11 is 0. The Morgan fingerprint density at radius 1 is 1.29 bits per heavy atom. The first kappa shape index (κ1) is 13.7. The molecule has 9 heteroatoms. The summed E-state index contributed by atoms with van der Waals surface area (Å²) in [5.41, 5.74) is 1.20. The van der Waals surface area contributed by atoms with Gasteiger partial charge in [0.25, 0.3) is 5.91 Å². The van der Waals surface area contributed by atoms with E-state index in [2.05, 4.69) is 20.8 Å². The van der Waals surface area contributed by atoms with Crippen molar-refractivity contribution in [2.24, 2.45) is 0 Å². The Balaban J connectivity index is 1.68. The highest BCUT2D eigenvalue weighted by Gasteiger charge is 2.29. The molecule has 0 aliphatic carbocycles. The van der Waals surface area contributed by atoms with E-state index in [0.29, 0.717) is 12.0 Å². The summed E-state index contributed by atoms with van der Waals surface area (Å²) in [6.45, 7) is 0. The largest absolute Gasteiger partial charge is 0.348 e. The van der Waals surface area contributed by atoms with Gasteiger partial charge in [0.1, 0.15) is 6.33 Å². The molecule has 3 rings (SSSR count). The minimum Gasteiger partial charge on any atom is -0.348 e. The van der Waals surface area contributed by atoms with Gasteiger partial charge in [0.05, 0.1) is 17.2 Å². The number of nitrogens with one attached hydrogen (secondary N) is 1. The van der Waals surface area contributed by atoms with Gasteiger partial charge in [-0.25, -0.2) is 13.1 Å². The van der Waals surface area contributed by atoms with Crippen molar-refractivity contribution in [2.75, 3.05) is 11.5 Å². The van der Waals surface area contributed by atoms with E-state index in [1.807, 2.05) is 0 Å². The van der Waals surface area contributed by atoms with Crippen LogP contribution in [-0.2, 0) is 9.84 Å². The van der Waals surface area contributed by atoms with E-state index in [4.69, 9.17) is 0 Å². The third-order valence-corrected chi connectivity index (χ3v) is 5.08. The molecule has 21 heavy (non-hydrogen) atoms. The van der Waals surface area contributed by atoms with Crippen LogP contribution in [0, 0.1) is 0 Å². The van der Waals surface area contributed by atoms with Gasteiger partial charge in [-0.2, -0.15) is 0 Å². The fourth-order valence-electron chi connectivity index (χ4n) is 2.22. The average Bonchev–Trinajstić information content (AvgIpc) is 3.09. The number of amides is 1. The zero-order valence-electron chi connectivity index (χ0n) is 11.0. The summed E-state index contributed by atoms with van der Waals surface area (Å²) in [7, 11) is -3.00. The summed E-state index contributed by atoms with van der Waals surface area (Å²) in [5, 5.41) is 13.6. The number of tetrazole rings is 1. The quantitative estimate of drug-likeness (QED) is 0.825. The summed E-state index contributed by atoms with van der Waals surface area (Å²) in [5.74, 6) is -0.127. The van der Waals surface area contributed by atoms with Gasteiger partial charge >= 0.3 is 0 Å². The maximum atomic E-state index is 12.1. The Labute approximate surface area is 121 Å². The molecule has 1 unspecified atom stereocenters. The van der Waals surface area contributed by atoms with E-state index in [1.165, 1.54) is 11.0 Å². The lowest BCUT2D eigenvalue weighted by Crippen LogP contribution is -2.35. The molecule has 110 valence electrons. The van der Waals surface area contributed by atoms with Crippen LogP contribution in [0.4, 0.5) is 0 Å². The summed E-state index contributed by atoms with van der Waals surface area (Å²) in [4.78, 5) is 12.1. The van der Waals surface area contributed by atoms with Crippen LogP contribution in [0.3, 0.4) is 0 Å². The van der Waals surface area contributed by atoms with E-state index < -0.39 is 9.84 Å². The number of aromatic nitrogens is 4. The van der Waals surface area contributed by atoms with Crippen LogP contribution in [0.1, 0.15) is 16.8 Å². The van der Waals surface area contributed by atoms with Crippen LogP contribution in [0.25, 0.3) is 5.69 Å². The third-order valence-electron chi connectivity index (χ3n) is 3.31. The van der Waals surface area contributed by atoms with Crippen LogP contribution < -0.4 is 5.32 Å². The van der Waals surface area contributed by atoms with Crippen molar-refractivity contribution in [3.63, 3.8) is 0 Å². The number of benzene rings is 1. The van der Waals surface area contributed by atoms with Crippen molar-refractivity contribution >= 4 is 15.7 Å². The normalized spacial score (nSPS) is 20.3. The second-order valence-corrected chi connectivity index (χ2v) is 7.10. The molecule has 1 amide bonds. The van der Waals surface area contributed by atoms with Gasteiger partial charge in [0.15, 0.2) is 9.84 Å². The van der Waals surface area contributed by atoms with Crippen LogP contribution in [0.15, 0.2) is 30.6 Å². The second kappa shape index (κ2) is 5.24. The van der Waals surface area contributed by atoms with Gasteiger partial charge in [0.2, 0.25) is 0 Å². The average molecular weight is 307 g/mol.